The van der Waals surface area contributed by atoms with Crippen molar-refractivity contribution in [2.75, 3.05) is 0 Å². The predicted molar refractivity (Wildman–Crippen MR) is 81.2 cm³/mol. The topological polar surface area (TPSA) is 83.2 Å². The normalized spacial score (nSPS) is 10.0. The van der Waals surface area contributed by atoms with Gasteiger partial charge in [0.15, 0.2) is 0 Å². The molecule has 0 radical (unpaired) electrons. The Bertz CT molecular complexity index is 754. The van der Waals surface area contributed by atoms with E-state index in [-0.39, 0.29) is 17.5 Å². The van der Waals surface area contributed by atoms with E-state index in [1.807, 2.05) is 19.1 Å². The Morgan fingerprint density at radius 2 is 2.18 bits per heavy atom. The number of carboxylic acid groups (broad SMARTS) is 1. The number of nitrogens with zero attached hydrogens (tertiary/aromatic N) is 2. The van der Waals surface area contributed by atoms with E-state index in [1.54, 1.807) is 12.1 Å². The van der Waals surface area contributed by atoms with Crippen molar-refractivity contribution in [3.8, 4) is 17.7 Å². The van der Waals surface area contributed by atoms with Crippen molar-refractivity contribution >= 4 is 17.6 Å². The molecule has 0 aliphatic carbocycles. The van der Waals surface area contributed by atoms with Crippen molar-refractivity contribution in [3.63, 3.8) is 0 Å². The fourth-order valence-electron chi connectivity index (χ4n) is 1.97. The Kier molecular flexibility index (Phi) is 4.97. The molecule has 0 fully saturated rings. The lowest BCUT2D eigenvalue weighted by atomic mass is 10.1. The lowest BCUT2D eigenvalue weighted by Gasteiger charge is -2.11. The fourth-order valence-corrected chi connectivity index (χ4v) is 2.17. The van der Waals surface area contributed by atoms with Crippen LogP contribution in [0.15, 0.2) is 30.3 Å². The zero-order valence-corrected chi connectivity index (χ0v) is 12.6. The number of benzene rings is 1. The minimum atomic E-state index is -0.914. The number of carbonyl (C=O) groups is 1. The summed E-state index contributed by atoms with van der Waals surface area (Å²) in [5, 5.41) is 18.0. The molecule has 0 spiro atoms. The summed E-state index contributed by atoms with van der Waals surface area (Å²) in [5.41, 5.74) is 1.88. The summed E-state index contributed by atoms with van der Waals surface area (Å²) >= 11 is 5.85. The average molecular weight is 317 g/mol. The molecule has 0 aliphatic rings. The van der Waals surface area contributed by atoms with Gasteiger partial charge < -0.3 is 9.84 Å². The first kappa shape index (κ1) is 15.8. The summed E-state index contributed by atoms with van der Waals surface area (Å²) in [6.45, 7) is 1.96. The number of nitriles is 1. The van der Waals surface area contributed by atoms with E-state index in [4.69, 9.17) is 26.7 Å². The van der Waals surface area contributed by atoms with Crippen LogP contribution in [-0.2, 0) is 17.6 Å². The molecule has 0 atom stereocenters. The number of aromatic nitrogens is 1. The van der Waals surface area contributed by atoms with Gasteiger partial charge in [0.2, 0.25) is 5.88 Å². The molecular weight excluding hydrogens is 304 g/mol. The van der Waals surface area contributed by atoms with Gasteiger partial charge in [0.05, 0.1) is 18.1 Å². The second-order valence-corrected chi connectivity index (χ2v) is 4.98. The van der Waals surface area contributed by atoms with Crippen molar-refractivity contribution in [1.29, 1.82) is 5.26 Å². The van der Waals surface area contributed by atoms with Crippen molar-refractivity contribution in [2.45, 2.75) is 19.8 Å². The Morgan fingerprint density at radius 1 is 1.41 bits per heavy atom. The van der Waals surface area contributed by atoms with Crippen LogP contribution in [0.5, 0.6) is 11.6 Å². The fraction of sp³-hybridized carbons (Fsp3) is 0.188. The van der Waals surface area contributed by atoms with Gasteiger partial charge in [-0.3, -0.25) is 4.79 Å². The lowest BCUT2D eigenvalue weighted by molar-refractivity contribution is -0.136. The maximum absolute atomic E-state index is 10.8. The smallest absolute Gasteiger partial charge is 0.307 e. The zero-order chi connectivity index (χ0) is 16.1. The minimum Gasteiger partial charge on any atom is -0.481 e. The van der Waals surface area contributed by atoms with E-state index in [9.17, 15) is 4.79 Å². The Balaban J connectivity index is 2.37. The molecule has 0 amide bonds. The van der Waals surface area contributed by atoms with Crippen LogP contribution in [0.2, 0.25) is 5.15 Å². The van der Waals surface area contributed by atoms with Gasteiger partial charge in [-0.05, 0) is 29.7 Å². The highest BCUT2D eigenvalue weighted by atomic mass is 35.5. The predicted octanol–water partition coefficient (Wildman–Crippen LogP) is 3.59. The third-order valence-electron chi connectivity index (χ3n) is 2.98. The van der Waals surface area contributed by atoms with Gasteiger partial charge in [0.1, 0.15) is 10.9 Å². The minimum absolute atomic E-state index is 0.0905. The van der Waals surface area contributed by atoms with Gasteiger partial charge in [-0.15, -0.1) is 0 Å². The first-order valence-corrected chi connectivity index (χ1v) is 6.98. The van der Waals surface area contributed by atoms with Crippen LogP contribution < -0.4 is 4.74 Å². The summed E-state index contributed by atoms with van der Waals surface area (Å²) in [6.07, 6.45) is 0.626. The number of rotatable bonds is 5. The van der Waals surface area contributed by atoms with Crippen molar-refractivity contribution in [3.05, 3.63) is 52.2 Å². The van der Waals surface area contributed by atoms with Crippen LogP contribution in [0.3, 0.4) is 0 Å². The Hall–Kier alpha value is -2.58. The van der Waals surface area contributed by atoms with Crippen LogP contribution >= 0.6 is 11.6 Å². The third-order valence-corrected chi connectivity index (χ3v) is 3.18. The number of hydrogen-bond acceptors (Lipinski definition) is 4. The van der Waals surface area contributed by atoms with Crippen molar-refractivity contribution in [2.24, 2.45) is 0 Å². The largest absolute Gasteiger partial charge is 0.481 e. The maximum Gasteiger partial charge on any atom is 0.307 e. The summed E-state index contributed by atoms with van der Waals surface area (Å²) in [4.78, 5) is 14.8. The quantitative estimate of drug-likeness (QED) is 0.852. The molecular formula is C16H13ClN2O3. The molecule has 0 bridgehead atoms. The van der Waals surface area contributed by atoms with E-state index in [0.717, 1.165) is 5.56 Å². The number of aliphatic carboxylic acids is 1. The van der Waals surface area contributed by atoms with Crippen molar-refractivity contribution < 1.29 is 14.6 Å². The lowest BCUT2D eigenvalue weighted by Crippen LogP contribution is -2.01. The summed E-state index contributed by atoms with van der Waals surface area (Å²) in [5.74, 6) is -0.200. The van der Waals surface area contributed by atoms with Crippen LogP contribution in [0.4, 0.5) is 0 Å². The Morgan fingerprint density at radius 3 is 2.82 bits per heavy atom. The first-order valence-electron chi connectivity index (χ1n) is 6.61. The molecule has 0 saturated heterocycles. The monoisotopic (exact) mass is 316 g/mol. The molecule has 2 rings (SSSR count). The first-order chi connectivity index (χ1) is 10.5. The Labute approximate surface area is 132 Å². The van der Waals surface area contributed by atoms with E-state index >= 15 is 0 Å². The number of halogens is 1. The molecule has 1 aromatic heterocycles. The number of pyridine rings is 1. The summed E-state index contributed by atoms with van der Waals surface area (Å²) in [6, 6.07) is 10.1. The second kappa shape index (κ2) is 6.92. The van der Waals surface area contributed by atoms with E-state index in [2.05, 4.69) is 4.98 Å². The molecule has 2 aromatic rings. The number of hydrogen-bond donors (Lipinski definition) is 1. The van der Waals surface area contributed by atoms with Gasteiger partial charge in [-0.25, -0.2) is 4.98 Å². The van der Waals surface area contributed by atoms with Gasteiger partial charge in [0, 0.05) is 6.07 Å². The van der Waals surface area contributed by atoms with Gasteiger partial charge >= 0.3 is 5.97 Å². The molecule has 5 nitrogen and oxygen atoms in total. The third kappa shape index (κ3) is 3.96. The maximum atomic E-state index is 10.8. The molecule has 112 valence electrons. The molecule has 0 unspecified atom stereocenters. The zero-order valence-electron chi connectivity index (χ0n) is 11.8. The highest BCUT2D eigenvalue weighted by Crippen LogP contribution is 2.28. The van der Waals surface area contributed by atoms with E-state index in [0.29, 0.717) is 23.3 Å². The van der Waals surface area contributed by atoms with Crippen molar-refractivity contribution in [1.82, 2.24) is 4.98 Å². The van der Waals surface area contributed by atoms with Gasteiger partial charge in [-0.2, -0.15) is 5.26 Å². The molecule has 6 heteroatoms. The summed E-state index contributed by atoms with van der Waals surface area (Å²) in [7, 11) is 0. The SMILES string of the molecule is CCc1ccc(CC(=O)O)cc1Oc1cc(C#N)cc(Cl)n1. The number of aryl methyl sites for hydroxylation is 1. The molecule has 1 aromatic carbocycles. The highest BCUT2D eigenvalue weighted by Gasteiger charge is 2.10. The van der Waals surface area contributed by atoms with E-state index in [1.165, 1.54) is 12.1 Å². The molecule has 22 heavy (non-hydrogen) atoms. The van der Waals surface area contributed by atoms with Gasteiger partial charge in [-0.1, -0.05) is 30.7 Å². The highest BCUT2D eigenvalue weighted by molar-refractivity contribution is 6.29. The average Bonchev–Trinajstić information content (AvgIpc) is 2.46. The second-order valence-electron chi connectivity index (χ2n) is 4.60. The standard InChI is InChI=1S/C16H13ClN2O3/c1-2-12-4-3-10(8-16(20)21)5-13(12)22-15-7-11(9-18)6-14(17)19-15/h3-7H,2,8H2,1H3,(H,20,21). The van der Waals surface area contributed by atoms with E-state index < -0.39 is 5.97 Å². The molecule has 0 saturated carbocycles. The molecule has 1 N–H and O–H groups in total. The molecule has 1 heterocycles. The van der Waals surface area contributed by atoms with Crippen LogP contribution in [0.25, 0.3) is 0 Å². The van der Waals surface area contributed by atoms with Crippen LogP contribution in [-0.4, -0.2) is 16.1 Å². The number of carboxylic acids is 1. The molecule has 0 aliphatic heterocycles. The van der Waals surface area contributed by atoms with Gasteiger partial charge in [0.25, 0.3) is 0 Å². The van der Waals surface area contributed by atoms with Crippen LogP contribution in [0.1, 0.15) is 23.6 Å². The number of ether oxygens (including phenoxy) is 1. The van der Waals surface area contributed by atoms with Crippen LogP contribution in [0, 0.1) is 11.3 Å². The summed E-state index contributed by atoms with van der Waals surface area (Å²) < 4.78 is 5.71.